The number of nitrogens with one attached hydrogen (secondary N) is 1. The van der Waals surface area contributed by atoms with Crippen LogP contribution in [0.4, 0.5) is 0 Å². The van der Waals surface area contributed by atoms with Gasteiger partial charge in [0, 0.05) is 24.0 Å². The molecule has 0 radical (unpaired) electrons. The van der Waals surface area contributed by atoms with E-state index in [2.05, 4.69) is 5.32 Å². The van der Waals surface area contributed by atoms with Crippen LogP contribution in [-0.4, -0.2) is 31.7 Å². The largest absolute Gasteiger partial charge is 0.459 e. The Kier molecular flexibility index (Phi) is 4.95. The van der Waals surface area contributed by atoms with Gasteiger partial charge in [0.2, 0.25) is 10.0 Å². The fourth-order valence-electron chi connectivity index (χ4n) is 3.44. The molecule has 1 aliphatic heterocycles. The SMILES string of the molecule is C[C@H](NC(=O)c1cccc(S(=O)(=O)N2CCCC2)c1)c1cc2ccccc2o1. The predicted molar refractivity (Wildman–Crippen MR) is 107 cm³/mol. The fraction of sp³-hybridized carbons (Fsp3) is 0.286. The van der Waals surface area contributed by atoms with Crippen molar-refractivity contribution in [3.05, 3.63) is 65.9 Å². The molecule has 6 nitrogen and oxygen atoms in total. The zero-order valence-electron chi connectivity index (χ0n) is 15.6. The molecule has 0 unspecified atom stereocenters. The standard InChI is InChI=1S/C21H22N2O4S/c1-15(20-14-16-7-2-3-10-19(16)27-20)22-21(24)17-8-6-9-18(13-17)28(25,26)23-11-4-5-12-23/h2-3,6-10,13-15H,4-5,11-12H2,1H3,(H,22,24)/t15-/m0/s1. The summed E-state index contributed by atoms with van der Waals surface area (Å²) in [6.07, 6.45) is 1.74. The maximum atomic E-state index is 12.7. The smallest absolute Gasteiger partial charge is 0.251 e. The monoisotopic (exact) mass is 398 g/mol. The summed E-state index contributed by atoms with van der Waals surface area (Å²) in [6, 6.07) is 15.4. The van der Waals surface area contributed by atoms with E-state index in [0.717, 1.165) is 23.8 Å². The molecule has 7 heteroatoms. The first-order valence-corrected chi connectivity index (χ1v) is 10.8. The summed E-state index contributed by atoms with van der Waals surface area (Å²) in [5.41, 5.74) is 1.07. The Morgan fingerprint density at radius 3 is 2.57 bits per heavy atom. The molecule has 2 aromatic carbocycles. The molecule has 4 rings (SSSR count). The van der Waals surface area contributed by atoms with Crippen LogP contribution in [0.3, 0.4) is 0 Å². The Bertz CT molecular complexity index is 1080. The molecule has 1 fully saturated rings. The summed E-state index contributed by atoms with van der Waals surface area (Å²) in [5.74, 6) is 0.307. The Balaban J connectivity index is 1.53. The third-order valence-corrected chi connectivity index (χ3v) is 6.91. The number of carbonyl (C=O) groups is 1. The van der Waals surface area contributed by atoms with Gasteiger partial charge in [-0.2, -0.15) is 4.31 Å². The topological polar surface area (TPSA) is 79.6 Å². The lowest BCUT2D eigenvalue weighted by Gasteiger charge is -2.16. The van der Waals surface area contributed by atoms with Gasteiger partial charge in [-0.15, -0.1) is 0 Å². The normalized spacial score (nSPS) is 16.3. The van der Waals surface area contributed by atoms with Crippen molar-refractivity contribution in [2.24, 2.45) is 0 Å². The summed E-state index contributed by atoms with van der Waals surface area (Å²) in [7, 11) is -3.56. The van der Waals surface area contributed by atoms with Crippen molar-refractivity contribution in [2.45, 2.75) is 30.7 Å². The molecular weight excluding hydrogens is 376 g/mol. The minimum Gasteiger partial charge on any atom is -0.459 e. The predicted octanol–water partition coefficient (Wildman–Crippen LogP) is 3.71. The number of benzene rings is 2. The molecule has 3 aromatic rings. The molecule has 2 heterocycles. The second-order valence-corrected chi connectivity index (χ2v) is 8.96. The van der Waals surface area contributed by atoms with Crippen LogP contribution in [0, 0.1) is 0 Å². The number of amides is 1. The van der Waals surface area contributed by atoms with E-state index in [1.807, 2.05) is 37.3 Å². The Morgan fingerprint density at radius 1 is 1.07 bits per heavy atom. The number of para-hydroxylation sites is 1. The molecule has 0 bridgehead atoms. The van der Waals surface area contributed by atoms with Gasteiger partial charge >= 0.3 is 0 Å². The number of fused-ring (bicyclic) bond motifs is 1. The molecular formula is C21H22N2O4S. The molecule has 1 atom stereocenters. The van der Waals surface area contributed by atoms with Crippen molar-refractivity contribution in [3.63, 3.8) is 0 Å². The first-order valence-electron chi connectivity index (χ1n) is 9.35. The van der Waals surface area contributed by atoms with E-state index in [9.17, 15) is 13.2 Å². The lowest BCUT2D eigenvalue weighted by atomic mass is 10.1. The average molecular weight is 398 g/mol. The molecule has 28 heavy (non-hydrogen) atoms. The third kappa shape index (κ3) is 3.55. The maximum Gasteiger partial charge on any atom is 0.251 e. The van der Waals surface area contributed by atoms with Gasteiger partial charge < -0.3 is 9.73 Å². The fourth-order valence-corrected chi connectivity index (χ4v) is 5.01. The van der Waals surface area contributed by atoms with E-state index >= 15 is 0 Å². The van der Waals surface area contributed by atoms with Gasteiger partial charge in [0.05, 0.1) is 10.9 Å². The van der Waals surface area contributed by atoms with E-state index in [1.165, 1.54) is 16.4 Å². The summed E-state index contributed by atoms with van der Waals surface area (Å²) < 4.78 is 32.7. The summed E-state index contributed by atoms with van der Waals surface area (Å²) >= 11 is 0. The van der Waals surface area contributed by atoms with Crippen LogP contribution >= 0.6 is 0 Å². The Hall–Kier alpha value is -2.64. The quantitative estimate of drug-likeness (QED) is 0.711. The van der Waals surface area contributed by atoms with Crippen LogP contribution in [0.2, 0.25) is 0 Å². The van der Waals surface area contributed by atoms with Gasteiger partial charge in [-0.25, -0.2) is 8.42 Å². The van der Waals surface area contributed by atoms with Crippen LogP contribution in [0.15, 0.2) is 63.9 Å². The molecule has 0 spiro atoms. The van der Waals surface area contributed by atoms with Crippen LogP contribution in [-0.2, 0) is 10.0 Å². The lowest BCUT2D eigenvalue weighted by Crippen LogP contribution is -2.29. The highest BCUT2D eigenvalue weighted by Gasteiger charge is 2.27. The van der Waals surface area contributed by atoms with Crippen molar-refractivity contribution in [3.8, 4) is 0 Å². The molecule has 1 amide bonds. The van der Waals surface area contributed by atoms with Crippen LogP contribution in [0.25, 0.3) is 11.0 Å². The molecule has 0 saturated carbocycles. The van der Waals surface area contributed by atoms with Gasteiger partial charge in [0.1, 0.15) is 11.3 Å². The van der Waals surface area contributed by atoms with Crippen molar-refractivity contribution in [1.82, 2.24) is 9.62 Å². The zero-order valence-corrected chi connectivity index (χ0v) is 16.4. The van der Waals surface area contributed by atoms with E-state index < -0.39 is 10.0 Å². The number of hydrogen-bond donors (Lipinski definition) is 1. The number of hydrogen-bond acceptors (Lipinski definition) is 4. The summed E-state index contributed by atoms with van der Waals surface area (Å²) in [6.45, 7) is 2.89. The first kappa shape index (κ1) is 18.7. The van der Waals surface area contributed by atoms with Crippen LogP contribution in [0.5, 0.6) is 0 Å². The third-order valence-electron chi connectivity index (χ3n) is 5.02. The average Bonchev–Trinajstić information content (AvgIpc) is 3.38. The van der Waals surface area contributed by atoms with E-state index in [4.69, 9.17) is 4.42 Å². The second kappa shape index (κ2) is 7.41. The highest BCUT2D eigenvalue weighted by Crippen LogP contribution is 2.25. The minimum atomic E-state index is -3.56. The van der Waals surface area contributed by atoms with Crippen molar-refractivity contribution in [1.29, 1.82) is 0 Å². The highest BCUT2D eigenvalue weighted by atomic mass is 32.2. The first-order chi connectivity index (χ1) is 13.4. The Labute approximate surface area is 164 Å². The van der Waals surface area contributed by atoms with Gasteiger partial charge in [-0.05, 0) is 50.1 Å². The Morgan fingerprint density at radius 2 is 1.82 bits per heavy atom. The number of nitrogens with zero attached hydrogens (tertiary/aromatic N) is 1. The summed E-state index contributed by atoms with van der Waals surface area (Å²) in [5, 5.41) is 3.85. The van der Waals surface area contributed by atoms with Gasteiger partial charge in [-0.1, -0.05) is 24.3 Å². The van der Waals surface area contributed by atoms with Gasteiger partial charge in [0.15, 0.2) is 0 Å². The van der Waals surface area contributed by atoms with Crippen LogP contribution in [0.1, 0.15) is 41.9 Å². The van der Waals surface area contributed by atoms with Crippen molar-refractivity contribution >= 4 is 26.9 Å². The molecule has 1 aliphatic rings. The number of sulfonamides is 1. The lowest BCUT2D eigenvalue weighted by molar-refractivity contribution is 0.0935. The molecule has 1 N–H and O–H groups in total. The van der Waals surface area contributed by atoms with Gasteiger partial charge in [0.25, 0.3) is 5.91 Å². The molecule has 1 saturated heterocycles. The molecule has 0 aliphatic carbocycles. The zero-order chi connectivity index (χ0) is 19.7. The summed E-state index contributed by atoms with van der Waals surface area (Å²) in [4.78, 5) is 12.8. The maximum absolute atomic E-state index is 12.7. The van der Waals surface area contributed by atoms with E-state index in [1.54, 1.807) is 12.1 Å². The van der Waals surface area contributed by atoms with Crippen molar-refractivity contribution < 1.29 is 17.6 Å². The number of furan rings is 1. The number of rotatable bonds is 5. The van der Waals surface area contributed by atoms with Crippen molar-refractivity contribution in [2.75, 3.05) is 13.1 Å². The van der Waals surface area contributed by atoms with E-state index in [0.29, 0.717) is 24.4 Å². The molecule has 1 aromatic heterocycles. The minimum absolute atomic E-state index is 0.151. The van der Waals surface area contributed by atoms with Crippen LogP contribution < -0.4 is 5.32 Å². The molecule has 146 valence electrons. The number of carbonyl (C=O) groups excluding carboxylic acids is 1. The highest BCUT2D eigenvalue weighted by molar-refractivity contribution is 7.89. The second-order valence-electron chi connectivity index (χ2n) is 7.02. The van der Waals surface area contributed by atoms with E-state index in [-0.39, 0.29) is 16.8 Å². The van der Waals surface area contributed by atoms with Gasteiger partial charge in [-0.3, -0.25) is 4.79 Å².